The number of carbonyl (C=O) groups is 2. The number of benzene rings is 1. The standard InChI is InChI=1S/C10H9F2NO3/c1-5(14)13-9(10(15)16)7-4-6(11)2-3-8(7)12/h2-4,9H,1H3,(H,13,14)(H,15,16). The number of carbonyl (C=O) groups excluding carboxylic acids is 1. The Morgan fingerprint density at radius 2 is 2.00 bits per heavy atom. The van der Waals surface area contributed by atoms with Crippen LogP contribution in [0.25, 0.3) is 0 Å². The smallest absolute Gasteiger partial charge is 0.331 e. The Kier molecular flexibility index (Phi) is 3.55. The summed E-state index contributed by atoms with van der Waals surface area (Å²) < 4.78 is 26.1. The lowest BCUT2D eigenvalue weighted by atomic mass is 10.1. The minimum atomic E-state index is -1.59. The number of aliphatic carboxylic acids is 1. The second-order valence-electron chi connectivity index (χ2n) is 3.14. The molecule has 0 aromatic heterocycles. The van der Waals surface area contributed by atoms with E-state index >= 15 is 0 Å². The Hall–Kier alpha value is -1.98. The molecule has 1 rings (SSSR count). The van der Waals surface area contributed by atoms with E-state index in [1.165, 1.54) is 0 Å². The van der Waals surface area contributed by atoms with Gasteiger partial charge in [-0.3, -0.25) is 4.79 Å². The highest BCUT2D eigenvalue weighted by molar-refractivity contribution is 5.83. The van der Waals surface area contributed by atoms with Crippen LogP contribution in [0.2, 0.25) is 0 Å². The predicted molar refractivity (Wildman–Crippen MR) is 50.6 cm³/mol. The van der Waals surface area contributed by atoms with Crippen molar-refractivity contribution in [2.75, 3.05) is 0 Å². The summed E-state index contributed by atoms with van der Waals surface area (Å²) in [6.07, 6.45) is 0. The predicted octanol–water partition coefficient (Wildman–Crippen LogP) is 1.23. The van der Waals surface area contributed by atoms with E-state index in [0.29, 0.717) is 0 Å². The molecular weight excluding hydrogens is 220 g/mol. The van der Waals surface area contributed by atoms with Gasteiger partial charge in [-0.2, -0.15) is 0 Å². The third-order valence-electron chi connectivity index (χ3n) is 1.86. The van der Waals surface area contributed by atoms with E-state index in [9.17, 15) is 18.4 Å². The zero-order valence-electron chi connectivity index (χ0n) is 8.33. The summed E-state index contributed by atoms with van der Waals surface area (Å²) >= 11 is 0. The van der Waals surface area contributed by atoms with Crippen LogP contribution in [-0.4, -0.2) is 17.0 Å². The van der Waals surface area contributed by atoms with Crippen molar-refractivity contribution in [3.05, 3.63) is 35.4 Å². The number of carboxylic acid groups (broad SMARTS) is 1. The van der Waals surface area contributed by atoms with Crippen LogP contribution in [0.15, 0.2) is 18.2 Å². The third kappa shape index (κ3) is 2.75. The number of rotatable bonds is 3. The fourth-order valence-corrected chi connectivity index (χ4v) is 1.21. The molecule has 6 heteroatoms. The molecule has 1 atom stereocenters. The molecule has 16 heavy (non-hydrogen) atoms. The number of carboxylic acids is 1. The van der Waals surface area contributed by atoms with Gasteiger partial charge < -0.3 is 10.4 Å². The van der Waals surface area contributed by atoms with Crippen molar-refractivity contribution in [3.63, 3.8) is 0 Å². The summed E-state index contributed by atoms with van der Waals surface area (Å²) in [7, 11) is 0. The van der Waals surface area contributed by atoms with Gasteiger partial charge in [0.2, 0.25) is 5.91 Å². The molecule has 1 amide bonds. The Morgan fingerprint density at radius 3 is 2.50 bits per heavy atom. The van der Waals surface area contributed by atoms with E-state index in [1.807, 2.05) is 5.32 Å². The fraction of sp³-hybridized carbons (Fsp3) is 0.200. The highest BCUT2D eigenvalue weighted by Gasteiger charge is 2.24. The van der Waals surface area contributed by atoms with E-state index in [0.717, 1.165) is 25.1 Å². The van der Waals surface area contributed by atoms with E-state index in [2.05, 4.69) is 0 Å². The number of halogens is 2. The third-order valence-corrected chi connectivity index (χ3v) is 1.86. The van der Waals surface area contributed by atoms with Crippen molar-refractivity contribution in [2.45, 2.75) is 13.0 Å². The first-order valence-electron chi connectivity index (χ1n) is 4.36. The van der Waals surface area contributed by atoms with E-state index in [4.69, 9.17) is 5.11 Å². The largest absolute Gasteiger partial charge is 0.479 e. The fourth-order valence-electron chi connectivity index (χ4n) is 1.21. The molecule has 1 unspecified atom stereocenters. The van der Waals surface area contributed by atoms with Gasteiger partial charge in [0.05, 0.1) is 0 Å². The minimum Gasteiger partial charge on any atom is -0.479 e. The first-order valence-corrected chi connectivity index (χ1v) is 4.36. The first-order chi connectivity index (χ1) is 7.41. The van der Waals surface area contributed by atoms with Gasteiger partial charge in [-0.15, -0.1) is 0 Å². The van der Waals surface area contributed by atoms with Gasteiger partial charge in [0.25, 0.3) is 0 Å². The molecule has 86 valence electrons. The highest BCUT2D eigenvalue weighted by atomic mass is 19.1. The number of amides is 1. The van der Waals surface area contributed by atoms with Gasteiger partial charge in [-0.1, -0.05) is 0 Å². The molecule has 1 aromatic carbocycles. The van der Waals surface area contributed by atoms with Gasteiger partial charge in [-0.05, 0) is 18.2 Å². The van der Waals surface area contributed by atoms with Gasteiger partial charge in [0.1, 0.15) is 11.6 Å². The van der Waals surface area contributed by atoms with E-state index in [1.54, 1.807) is 0 Å². The molecule has 2 N–H and O–H groups in total. The van der Waals surface area contributed by atoms with Crippen molar-refractivity contribution < 1.29 is 23.5 Å². The van der Waals surface area contributed by atoms with Crippen LogP contribution < -0.4 is 5.32 Å². The Labute approximate surface area is 89.9 Å². The zero-order valence-corrected chi connectivity index (χ0v) is 8.33. The number of hydrogen-bond acceptors (Lipinski definition) is 2. The maximum atomic E-state index is 13.2. The summed E-state index contributed by atoms with van der Waals surface area (Å²) in [6.45, 7) is 1.09. The quantitative estimate of drug-likeness (QED) is 0.819. The Bertz CT molecular complexity index is 434. The molecule has 0 aliphatic carbocycles. The summed E-state index contributed by atoms with van der Waals surface area (Å²) in [6, 6.07) is 0.825. The normalized spacial score (nSPS) is 11.9. The molecule has 0 radical (unpaired) electrons. The molecule has 4 nitrogen and oxygen atoms in total. The molecule has 1 aromatic rings. The number of nitrogens with one attached hydrogen (secondary N) is 1. The zero-order chi connectivity index (χ0) is 12.3. The average Bonchev–Trinajstić information content (AvgIpc) is 2.18. The minimum absolute atomic E-state index is 0.414. The van der Waals surface area contributed by atoms with Crippen LogP contribution in [0.3, 0.4) is 0 Å². The molecular formula is C10H9F2NO3. The van der Waals surface area contributed by atoms with Gasteiger partial charge in [0, 0.05) is 12.5 Å². The summed E-state index contributed by atoms with van der Waals surface area (Å²) in [5.41, 5.74) is -0.414. The van der Waals surface area contributed by atoms with Crippen LogP contribution in [0.1, 0.15) is 18.5 Å². The van der Waals surface area contributed by atoms with Crippen LogP contribution in [0.4, 0.5) is 8.78 Å². The maximum Gasteiger partial charge on any atom is 0.331 e. The molecule has 0 fully saturated rings. The second kappa shape index (κ2) is 4.69. The maximum absolute atomic E-state index is 13.2. The molecule has 0 bridgehead atoms. The van der Waals surface area contributed by atoms with Crippen LogP contribution in [-0.2, 0) is 9.59 Å². The van der Waals surface area contributed by atoms with Crippen molar-refractivity contribution in [3.8, 4) is 0 Å². The van der Waals surface area contributed by atoms with Crippen LogP contribution >= 0.6 is 0 Å². The topological polar surface area (TPSA) is 66.4 Å². The molecule has 0 aliphatic heterocycles. The number of hydrogen-bond donors (Lipinski definition) is 2. The van der Waals surface area contributed by atoms with Crippen LogP contribution in [0.5, 0.6) is 0 Å². The highest BCUT2D eigenvalue weighted by Crippen LogP contribution is 2.18. The van der Waals surface area contributed by atoms with E-state index < -0.39 is 35.1 Å². The van der Waals surface area contributed by atoms with Crippen molar-refractivity contribution in [2.24, 2.45) is 0 Å². The summed E-state index contributed by atoms with van der Waals surface area (Å²) in [4.78, 5) is 21.5. The molecule has 0 saturated carbocycles. The SMILES string of the molecule is CC(=O)NC(C(=O)O)c1cc(F)ccc1F. The summed E-state index contributed by atoms with van der Waals surface area (Å²) in [5.74, 6) is -3.76. The van der Waals surface area contributed by atoms with Crippen LogP contribution in [0, 0.1) is 11.6 Å². The monoisotopic (exact) mass is 229 g/mol. The van der Waals surface area contributed by atoms with Gasteiger partial charge in [0.15, 0.2) is 6.04 Å². The van der Waals surface area contributed by atoms with Crippen molar-refractivity contribution in [1.82, 2.24) is 5.32 Å². The van der Waals surface area contributed by atoms with Crippen molar-refractivity contribution >= 4 is 11.9 Å². The molecule has 0 spiro atoms. The lowest BCUT2D eigenvalue weighted by Gasteiger charge is -2.14. The molecule has 0 saturated heterocycles. The Balaban J connectivity index is 3.14. The Morgan fingerprint density at radius 1 is 1.38 bits per heavy atom. The van der Waals surface area contributed by atoms with Crippen molar-refractivity contribution in [1.29, 1.82) is 0 Å². The van der Waals surface area contributed by atoms with Gasteiger partial charge in [-0.25, -0.2) is 13.6 Å². The lowest BCUT2D eigenvalue weighted by Crippen LogP contribution is -2.32. The molecule has 0 heterocycles. The molecule has 0 aliphatic rings. The second-order valence-corrected chi connectivity index (χ2v) is 3.14. The van der Waals surface area contributed by atoms with Gasteiger partial charge >= 0.3 is 5.97 Å². The summed E-state index contributed by atoms with van der Waals surface area (Å²) in [5, 5.41) is 10.8. The first kappa shape index (κ1) is 12.1. The van der Waals surface area contributed by atoms with E-state index in [-0.39, 0.29) is 0 Å². The average molecular weight is 229 g/mol. The lowest BCUT2D eigenvalue weighted by molar-refractivity contribution is -0.141.